The summed E-state index contributed by atoms with van der Waals surface area (Å²) >= 11 is 6.84. The smallest absolute Gasteiger partial charge is 0.247 e. The monoisotopic (exact) mass is 733 g/mol. The van der Waals surface area contributed by atoms with E-state index in [9.17, 15) is 14.4 Å². The molecule has 0 spiro atoms. The highest BCUT2D eigenvalue weighted by Crippen LogP contribution is 2.36. The molecule has 52 heavy (non-hydrogen) atoms. The van der Waals surface area contributed by atoms with Gasteiger partial charge in [0.1, 0.15) is 30.0 Å². The van der Waals surface area contributed by atoms with Crippen LogP contribution in [0.4, 0.5) is 22.9 Å². The summed E-state index contributed by atoms with van der Waals surface area (Å²) in [7, 11) is 3.22. The second-order valence-electron chi connectivity index (χ2n) is 15.3. The summed E-state index contributed by atoms with van der Waals surface area (Å²) in [6.45, 7) is 13.0. The highest BCUT2D eigenvalue weighted by molar-refractivity contribution is 6.33. The Kier molecular flexibility index (Phi) is 11.4. The Morgan fingerprint density at radius 1 is 1.02 bits per heavy atom. The molecule has 1 aliphatic carbocycles. The van der Waals surface area contributed by atoms with Crippen LogP contribution in [-0.4, -0.2) is 109 Å². The lowest BCUT2D eigenvalue weighted by Gasteiger charge is -2.36. The van der Waals surface area contributed by atoms with Gasteiger partial charge >= 0.3 is 0 Å². The number of likely N-dealkylation sites (tertiary alicyclic amines) is 1. The summed E-state index contributed by atoms with van der Waals surface area (Å²) in [4.78, 5) is 56.1. The van der Waals surface area contributed by atoms with Crippen LogP contribution < -0.4 is 30.9 Å². The molecule has 280 valence electrons. The summed E-state index contributed by atoms with van der Waals surface area (Å²) in [5.74, 6) is 0.950. The molecule has 2 aromatic carbocycles. The van der Waals surface area contributed by atoms with E-state index in [1.54, 1.807) is 31.0 Å². The van der Waals surface area contributed by atoms with Crippen molar-refractivity contribution in [3.05, 3.63) is 41.7 Å². The number of piperazine rings is 1. The topological polar surface area (TPSA) is 144 Å². The highest BCUT2D eigenvalue weighted by Gasteiger charge is 2.42. The Morgan fingerprint density at radius 3 is 2.42 bits per heavy atom. The summed E-state index contributed by atoms with van der Waals surface area (Å²) in [6.07, 6.45) is 5.37. The maximum Gasteiger partial charge on any atom is 0.247 e. The number of carbonyl (C=O) groups excluding carboxylic acids is 3. The number of anilines is 4. The summed E-state index contributed by atoms with van der Waals surface area (Å²) in [5.41, 5.74) is 2.26. The first-order chi connectivity index (χ1) is 24.9. The number of likely N-dealkylation sites (N-methyl/N-ethyl adjacent to an activating group) is 1. The Morgan fingerprint density at radius 2 is 1.77 bits per heavy atom. The maximum atomic E-state index is 14.0. The van der Waals surface area contributed by atoms with Crippen LogP contribution in [0.2, 0.25) is 5.02 Å². The standard InChI is InChI=1S/C38H52ClN9O4/c1-23(40-5)35(49)45-33(38(2,3)4)37(51)48-13-7-8-31(48)36(50)44-29-19-26-28(20-32(29)52-6)41-22-42-34(26)43-25-11-12-30(27(39)18-25)47-16-14-46(15-17-47)21-24-9-10-24/h11-12,18-20,22-24,31,33,40H,7-10,13-17,21H2,1-6H3,(H,44,50)(H,45,49)(H,41,42,43)/t23-,31?,33+/m0/s1. The van der Waals surface area contributed by atoms with Gasteiger partial charge in [-0.05, 0) is 75.3 Å². The van der Waals surface area contributed by atoms with Crippen molar-refractivity contribution in [3.63, 3.8) is 0 Å². The fourth-order valence-electron chi connectivity index (χ4n) is 7.00. The number of hydrogen-bond acceptors (Lipinski definition) is 10. The zero-order valence-electron chi connectivity index (χ0n) is 31.1. The van der Waals surface area contributed by atoms with E-state index < -0.39 is 23.5 Å². The fourth-order valence-corrected chi connectivity index (χ4v) is 7.30. The van der Waals surface area contributed by atoms with E-state index in [2.05, 4.69) is 41.0 Å². The number of rotatable bonds is 12. The Bertz CT molecular complexity index is 1790. The molecular formula is C38H52ClN9O4. The minimum Gasteiger partial charge on any atom is -0.494 e. The van der Waals surface area contributed by atoms with Gasteiger partial charge in [-0.1, -0.05) is 32.4 Å². The Labute approximate surface area is 311 Å². The van der Waals surface area contributed by atoms with Crippen molar-refractivity contribution in [2.45, 2.75) is 71.5 Å². The van der Waals surface area contributed by atoms with Gasteiger partial charge in [0.2, 0.25) is 17.7 Å². The molecule has 2 aliphatic heterocycles. The van der Waals surface area contributed by atoms with E-state index >= 15 is 0 Å². The first kappa shape index (κ1) is 37.6. The molecular weight excluding hydrogens is 682 g/mol. The lowest BCUT2D eigenvalue weighted by molar-refractivity contribution is -0.143. The van der Waals surface area contributed by atoms with Crippen LogP contribution in [0.25, 0.3) is 10.9 Å². The van der Waals surface area contributed by atoms with E-state index in [1.807, 2.05) is 39.0 Å². The molecule has 3 fully saturated rings. The van der Waals surface area contributed by atoms with Crippen molar-refractivity contribution >= 4 is 63.1 Å². The minimum absolute atomic E-state index is 0.279. The van der Waals surface area contributed by atoms with Crippen LogP contribution in [-0.2, 0) is 14.4 Å². The third kappa shape index (κ3) is 8.53. The van der Waals surface area contributed by atoms with Gasteiger partial charge in [0.15, 0.2) is 0 Å². The summed E-state index contributed by atoms with van der Waals surface area (Å²) in [6, 6.07) is 7.48. The average Bonchev–Trinajstić information content (AvgIpc) is 3.80. The predicted molar refractivity (Wildman–Crippen MR) is 205 cm³/mol. The van der Waals surface area contributed by atoms with Gasteiger partial charge in [-0.25, -0.2) is 9.97 Å². The fraction of sp³-hybridized carbons (Fsp3) is 0.553. The zero-order valence-corrected chi connectivity index (χ0v) is 31.8. The van der Waals surface area contributed by atoms with E-state index in [4.69, 9.17) is 16.3 Å². The number of halogens is 1. The molecule has 0 radical (unpaired) electrons. The van der Waals surface area contributed by atoms with Crippen LogP contribution in [0, 0.1) is 11.3 Å². The molecule has 3 heterocycles. The molecule has 1 unspecified atom stereocenters. The molecule has 3 atom stereocenters. The van der Waals surface area contributed by atoms with Crippen LogP contribution in [0.1, 0.15) is 53.4 Å². The van der Waals surface area contributed by atoms with Crippen LogP contribution in [0.5, 0.6) is 5.75 Å². The van der Waals surface area contributed by atoms with E-state index in [0.717, 1.165) is 43.5 Å². The Hall–Kier alpha value is -4.20. The van der Waals surface area contributed by atoms with Crippen molar-refractivity contribution in [2.24, 2.45) is 11.3 Å². The molecule has 13 nitrogen and oxygen atoms in total. The predicted octanol–water partition coefficient (Wildman–Crippen LogP) is 4.64. The first-order valence-electron chi connectivity index (χ1n) is 18.3. The number of aromatic nitrogens is 2. The zero-order chi connectivity index (χ0) is 37.2. The van der Waals surface area contributed by atoms with E-state index in [0.29, 0.717) is 52.6 Å². The summed E-state index contributed by atoms with van der Waals surface area (Å²) < 4.78 is 5.67. The van der Waals surface area contributed by atoms with Crippen LogP contribution in [0.3, 0.4) is 0 Å². The first-order valence-corrected chi connectivity index (χ1v) is 18.7. The van der Waals surface area contributed by atoms with E-state index in [1.165, 1.54) is 32.8 Å². The van der Waals surface area contributed by atoms with Crippen molar-refractivity contribution in [1.29, 1.82) is 0 Å². The molecule has 4 N–H and O–H groups in total. The molecule has 3 aromatic rings. The number of benzene rings is 2. The quantitative estimate of drug-likeness (QED) is 0.208. The number of nitrogens with one attached hydrogen (secondary N) is 4. The van der Waals surface area contributed by atoms with Crippen LogP contribution >= 0.6 is 11.6 Å². The maximum absolute atomic E-state index is 14.0. The number of hydrogen-bond donors (Lipinski definition) is 4. The van der Waals surface area contributed by atoms with E-state index in [-0.39, 0.29) is 17.7 Å². The molecule has 1 aromatic heterocycles. The van der Waals surface area contributed by atoms with Crippen molar-refractivity contribution in [2.75, 3.05) is 69.0 Å². The molecule has 6 rings (SSSR count). The van der Waals surface area contributed by atoms with Gasteiger partial charge in [-0.2, -0.15) is 0 Å². The van der Waals surface area contributed by atoms with Gasteiger partial charge in [0.25, 0.3) is 0 Å². The van der Waals surface area contributed by atoms with Crippen molar-refractivity contribution < 1.29 is 19.1 Å². The van der Waals surface area contributed by atoms with Gasteiger partial charge in [-0.3, -0.25) is 19.3 Å². The number of ether oxygens (including phenoxy) is 1. The van der Waals surface area contributed by atoms with Crippen molar-refractivity contribution in [1.82, 2.24) is 30.4 Å². The number of nitrogens with zero attached hydrogens (tertiary/aromatic N) is 5. The minimum atomic E-state index is -0.810. The molecule has 14 heteroatoms. The van der Waals surface area contributed by atoms with Gasteiger partial charge in [0, 0.05) is 56.4 Å². The lowest BCUT2D eigenvalue weighted by atomic mass is 9.85. The SMILES string of the molecule is CN[C@@H](C)C(=O)N[C@H](C(=O)N1CCCC1C(=O)Nc1cc2c(Nc3ccc(N4CCN(CC5CC5)CC4)c(Cl)c3)ncnc2cc1OC)C(C)(C)C. The number of fused-ring (bicyclic) bond motifs is 1. The third-order valence-electron chi connectivity index (χ3n) is 10.4. The number of carbonyl (C=O) groups is 3. The second kappa shape index (κ2) is 15.8. The van der Waals surface area contributed by atoms with Gasteiger partial charge in [-0.15, -0.1) is 0 Å². The molecule has 1 saturated carbocycles. The normalized spacial score (nSPS) is 19.3. The molecule has 0 bridgehead atoms. The third-order valence-corrected chi connectivity index (χ3v) is 10.7. The average molecular weight is 734 g/mol. The highest BCUT2D eigenvalue weighted by atomic mass is 35.5. The molecule has 3 amide bonds. The Balaban J connectivity index is 1.18. The number of methoxy groups -OCH3 is 1. The number of amides is 3. The largest absolute Gasteiger partial charge is 0.494 e. The second-order valence-corrected chi connectivity index (χ2v) is 15.7. The molecule has 2 saturated heterocycles. The van der Waals surface area contributed by atoms with Crippen molar-refractivity contribution in [3.8, 4) is 5.75 Å². The molecule has 3 aliphatic rings. The summed E-state index contributed by atoms with van der Waals surface area (Å²) in [5, 5.41) is 13.6. The lowest BCUT2D eigenvalue weighted by Crippen LogP contribution is -2.59. The van der Waals surface area contributed by atoms with Gasteiger partial charge < -0.3 is 35.8 Å². The van der Waals surface area contributed by atoms with Gasteiger partial charge in [0.05, 0.1) is 35.1 Å². The van der Waals surface area contributed by atoms with Crippen LogP contribution in [0.15, 0.2) is 36.7 Å².